The number of nitrogens with one attached hydrogen (secondary N) is 1. The maximum absolute atomic E-state index is 13.3. The fourth-order valence-electron chi connectivity index (χ4n) is 4.17. The third-order valence-electron chi connectivity index (χ3n) is 5.65. The van der Waals surface area contributed by atoms with Gasteiger partial charge in [-0.3, -0.25) is 0 Å². The topological polar surface area (TPSA) is 41.6 Å². The lowest BCUT2D eigenvalue weighted by molar-refractivity contribution is 0.195. The molecule has 1 N–H and O–H groups in total. The standard InChI is InChI=1S/C24H25BrN2O2S/c1-4-20-15(2)30-23-21(20)13-14-27(22(23)16-5-11-19(29-3)12-6-16)24(28)26-18-9-7-17(25)8-10-18/h5-12,22H,4,13-14H2,1-3H3,(H,26,28). The average Bonchev–Trinajstić information content (AvgIpc) is 3.09. The van der Waals surface area contributed by atoms with Gasteiger partial charge in [-0.1, -0.05) is 35.0 Å². The van der Waals surface area contributed by atoms with Crippen molar-refractivity contribution in [2.24, 2.45) is 0 Å². The number of thiophene rings is 1. The van der Waals surface area contributed by atoms with E-state index in [4.69, 9.17) is 4.74 Å². The van der Waals surface area contributed by atoms with E-state index >= 15 is 0 Å². The minimum absolute atomic E-state index is 0.0760. The molecule has 30 heavy (non-hydrogen) atoms. The number of anilines is 1. The first-order chi connectivity index (χ1) is 14.5. The number of aryl methyl sites for hydroxylation is 1. The van der Waals surface area contributed by atoms with Gasteiger partial charge in [-0.05, 0) is 72.9 Å². The van der Waals surface area contributed by atoms with Crippen LogP contribution in [0.3, 0.4) is 0 Å². The van der Waals surface area contributed by atoms with Crippen molar-refractivity contribution >= 4 is 39.0 Å². The fraction of sp³-hybridized carbons (Fsp3) is 0.292. The highest BCUT2D eigenvalue weighted by molar-refractivity contribution is 9.10. The molecule has 4 nitrogen and oxygen atoms in total. The van der Waals surface area contributed by atoms with Gasteiger partial charge in [-0.15, -0.1) is 11.3 Å². The number of rotatable bonds is 4. The largest absolute Gasteiger partial charge is 0.497 e. The number of ether oxygens (including phenoxy) is 1. The molecule has 1 aliphatic rings. The van der Waals surface area contributed by atoms with Crippen LogP contribution in [0.1, 0.15) is 39.4 Å². The zero-order valence-corrected chi connectivity index (χ0v) is 19.8. The summed E-state index contributed by atoms with van der Waals surface area (Å²) < 4.78 is 6.32. The molecule has 0 radical (unpaired) electrons. The number of urea groups is 1. The molecule has 3 aromatic rings. The summed E-state index contributed by atoms with van der Waals surface area (Å²) in [6.45, 7) is 5.10. The van der Waals surface area contributed by atoms with E-state index in [1.807, 2.05) is 52.6 Å². The second-order valence-corrected chi connectivity index (χ2v) is 9.56. The Morgan fingerprint density at radius 3 is 2.53 bits per heavy atom. The first-order valence-electron chi connectivity index (χ1n) is 10.1. The highest BCUT2D eigenvalue weighted by Gasteiger charge is 2.35. The molecule has 4 rings (SSSR count). The molecule has 2 amide bonds. The predicted octanol–water partition coefficient (Wildman–Crippen LogP) is 6.57. The first-order valence-corrected chi connectivity index (χ1v) is 11.7. The summed E-state index contributed by atoms with van der Waals surface area (Å²) in [4.78, 5) is 17.9. The second kappa shape index (κ2) is 8.82. The van der Waals surface area contributed by atoms with Gasteiger partial charge in [-0.2, -0.15) is 0 Å². The van der Waals surface area contributed by atoms with Crippen LogP contribution in [0.4, 0.5) is 10.5 Å². The van der Waals surface area contributed by atoms with Crippen LogP contribution in [0.25, 0.3) is 0 Å². The average molecular weight is 485 g/mol. The van der Waals surface area contributed by atoms with Crippen molar-refractivity contribution in [3.8, 4) is 5.75 Å². The molecule has 0 saturated heterocycles. The van der Waals surface area contributed by atoms with E-state index in [2.05, 4.69) is 47.2 Å². The molecule has 1 aliphatic heterocycles. The van der Waals surface area contributed by atoms with Crippen molar-refractivity contribution in [3.63, 3.8) is 0 Å². The summed E-state index contributed by atoms with van der Waals surface area (Å²) in [5, 5.41) is 3.07. The Kier molecular flexibility index (Phi) is 6.16. The molecule has 0 saturated carbocycles. The van der Waals surface area contributed by atoms with E-state index in [1.54, 1.807) is 7.11 Å². The van der Waals surface area contributed by atoms with Crippen LogP contribution in [0.5, 0.6) is 5.75 Å². The number of carbonyl (C=O) groups excluding carboxylic acids is 1. The van der Waals surface area contributed by atoms with Crippen LogP contribution in [0, 0.1) is 6.92 Å². The Hall–Kier alpha value is -2.31. The van der Waals surface area contributed by atoms with Gasteiger partial charge in [0.15, 0.2) is 0 Å². The number of methoxy groups -OCH3 is 1. The normalized spacial score (nSPS) is 15.6. The molecule has 0 fully saturated rings. The Morgan fingerprint density at radius 1 is 1.20 bits per heavy atom. The highest BCUT2D eigenvalue weighted by atomic mass is 79.9. The van der Waals surface area contributed by atoms with Crippen molar-refractivity contribution in [2.75, 3.05) is 19.0 Å². The molecule has 0 spiro atoms. The Bertz CT molecular complexity index is 1040. The van der Waals surface area contributed by atoms with Gasteiger partial charge >= 0.3 is 6.03 Å². The second-order valence-electron chi connectivity index (χ2n) is 7.39. The van der Waals surface area contributed by atoms with E-state index in [-0.39, 0.29) is 12.1 Å². The Labute approximate surface area is 190 Å². The number of carbonyl (C=O) groups is 1. The third-order valence-corrected chi connectivity index (χ3v) is 7.42. The minimum atomic E-state index is -0.0981. The number of benzene rings is 2. The van der Waals surface area contributed by atoms with Crippen molar-refractivity contribution in [1.29, 1.82) is 0 Å². The monoisotopic (exact) mass is 484 g/mol. The van der Waals surface area contributed by atoms with Crippen molar-refractivity contribution in [3.05, 3.63) is 79.4 Å². The lowest BCUT2D eigenvalue weighted by Crippen LogP contribution is -2.42. The number of hydrogen-bond donors (Lipinski definition) is 1. The summed E-state index contributed by atoms with van der Waals surface area (Å²) in [5.74, 6) is 0.817. The van der Waals surface area contributed by atoms with Crippen LogP contribution < -0.4 is 10.1 Å². The van der Waals surface area contributed by atoms with Crippen LogP contribution in [-0.4, -0.2) is 24.6 Å². The summed E-state index contributed by atoms with van der Waals surface area (Å²) in [6.07, 6.45) is 1.92. The molecule has 0 aliphatic carbocycles. The Balaban J connectivity index is 1.72. The minimum Gasteiger partial charge on any atom is -0.497 e. The fourth-order valence-corrected chi connectivity index (χ4v) is 5.88. The molecular formula is C24H25BrN2O2S. The number of fused-ring (bicyclic) bond motifs is 1. The smallest absolute Gasteiger partial charge is 0.322 e. The van der Waals surface area contributed by atoms with E-state index < -0.39 is 0 Å². The van der Waals surface area contributed by atoms with E-state index in [0.29, 0.717) is 6.54 Å². The van der Waals surface area contributed by atoms with Gasteiger partial charge in [0, 0.05) is 26.5 Å². The van der Waals surface area contributed by atoms with E-state index in [1.165, 1.54) is 20.9 Å². The third kappa shape index (κ3) is 3.98. The van der Waals surface area contributed by atoms with Gasteiger partial charge in [0.1, 0.15) is 5.75 Å². The molecule has 2 aromatic carbocycles. The maximum atomic E-state index is 13.3. The number of halogens is 1. The maximum Gasteiger partial charge on any atom is 0.322 e. The van der Waals surface area contributed by atoms with Gasteiger partial charge < -0.3 is 15.0 Å². The van der Waals surface area contributed by atoms with Gasteiger partial charge in [0.05, 0.1) is 13.2 Å². The molecule has 156 valence electrons. The molecule has 1 atom stereocenters. The van der Waals surface area contributed by atoms with E-state index in [9.17, 15) is 4.79 Å². The lowest BCUT2D eigenvalue weighted by Gasteiger charge is -2.36. The zero-order valence-electron chi connectivity index (χ0n) is 17.4. The van der Waals surface area contributed by atoms with Crippen molar-refractivity contribution in [1.82, 2.24) is 4.90 Å². The van der Waals surface area contributed by atoms with Crippen LogP contribution in [-0.2, 0) is 12.8 Å². The summed E-state index contributed by atoms with van der Waals surface area (Å²) in [6, 6.07) is 15.6. The summed E-state index contributed by atoms with van der Waals surface area (Å²) >= 11 is 5.27. The molecule has 1 unspecified atom stereocenters. The van der Waals surface area contributed by atoms with Crippen LogP contribution >= 0.6 is 27.3 Å². The molecule has 0 bridgehead atoms. The highest BCUT2D eigenvalue weighted by Crippen LogP contribution is 2.43. The number of nitrogens with zero attached hydrogens (tertiary/aromatic N) is 1. The number of amides is 2. The first kappa shape index (κ1) is 20.9. The van der Waals surface area contributed by atoms with Crippen LogP contribution in [0.15, 0.2) is 53.0 Å². The van der Waals surface area contributed by atoms with Gasteiger partial charge in [0.2, 0.25) is 0 Å². The molecular weight excluding hydrogens is 460 g/mol. The number of hydrogen-bond acceptors (Lipinski definition) is 3. The quantitative estimate of drug-likeness (QED) is 0.454. The summed E-state index contributed by atoms with van der Waals surface area (Å²) in [5.41, 5.74) is 4.76. The SMILES string of the molecule is CCc1c(C)sc2c1CCN(C(=O)Nc1ccc(Br)cc1)C2c1ccc(OC)cc1. The van der Waals surface area contributed by atoms with Crippen LogP contribution in [0.2, 0.25) is 0 Å². The van der Waals surface area contributed by atoms with Gasteiger partial charge in [0.25, 0.3) is 0 Å². The Morgan fingerprint density at radius 2 is 1.90 bits per heavy atom. The predicted molar refractivity (Wildman–Crippen MR) is 127 cm³/mol. The molecule has 2 heterocycles. The van der Waals surface area contributed by atoms with Gasteiger partial charge in [-0.25, -0.2) is 4.79 Å². The zero-order chi connectivity index (χ0) is 21.3. The van der Waals surface area contributed by atoms with Crippen molar-refractivity contribution < 1.29 is 9.53 Å². The molecule has 6 heteroatoms. The van der Waals surface area contributed by atoms with E-state index in [0.717, 1.165) is 34.3 Å². The van der Waals surface area contributed by atoms with Crippen molar-refractivity contribution in [2.45, 2.75) is 32.7 Å². The summed E-state index contributed by atoms with van der Waals surface area (Å²) in [7, 11) is 1.67. The lowest BCUT2D eigenvalue weighted by atomic mass is 9.92. The molecule has 1 aromatic heterocycles.